The standard InChI is InChI=1S/C16H26N4OS/c1-9(2)6-11(8-17)18-15(21)13-7-12-14(10(3)4)19-20(5)16(12)22-13/h7,9-11H,6,8,17H2,1-5H3,(H,18,21). The summed E-state index contributed by atoms with van der Waals surface area (Å²) in [6.07, 6.45) is 0.895. The van der Waals surface area contributed by atoms with Gasteiger partial charge in [0, 0.05) is 25.0 Å². The van der Waals surface area contributed by atoms with Gasteiger partial charge in [-0.25, -0.2) is 0 Å². The van der Waals surface area contributed by atoms with Gasteiger partial charge in [-0.05, 0) is 24.3 Å². The van der Waals surface area contributed by atoms with Crippen LogP contribution in [-0.4, -0.2) is 28.3 Å². The molecule has 0 saturated heterocycles. The molecule has 0 aliphatic rings. The van der Waals surface area contributed by atoms with Crippen molar-refractivity contribution in [3.8, 4) is 0 Å². The third kappa shape index (κ3) is 3.50. The number of carbonyl (C=O) groups excluding carboxylic acids is 1. The summed E-state index contributed by atoms with van der Waals surface area (Å²) >= 11 is 1.49. The van der Waals surface area contributed by atoms with E-state index in [0.29, 0.717) is 18.4 Å². The molecule has 2 aromatic heterocycles. The molecule has 0 fully saturated rings. The van der Waals surface area contributed by atoms with Crippen LogP contribution in [0.5, 0.6) is 0 Å². The lowest BCUT2D eigenvalue weighted by Crippen LogP contribution is -2.40. The molecule has 0 radical (unpaired) electrons. The third-order valence-corrected chi connectivity index (χ3v) is 4.89. The Balaban J connectivity index is 2.23. The Kier molecular flexibility index (Phi) is 5.24. The van der Waals surface area contributed by atoms with E-state index in [-0.39, 0.29) is 11.9 Å². The second-order valence-corrected chi connectivity index (χ2v) is 7.56. The molecule has 3 N–H and O–H groups in total. The first-order chi connectivity index (χ1) is 10.3. The second kappa shape index (κ2) is 6.79. The molecule has 1 atom stereocenters. The number of hydrogen-bond donors (Lipinski definition) is 2. The summed E-state index contributed by atoms with van der Waals surface area (Å²) in [6.45, 7) is 8.97. The van der Waals surface area contributed by atoms with Crippen LogP contribution in [0.2, 0.25) is 0 Å². The molecule has 0 aliphatic carbocycles. The van der Waals surface area contributed by atoms with E-state index in [0.717, 1.165) is 27.2 Å². The maximum Gasteiger partial charge on any atom is 0.261 e. The fraction of sp³-hybridized carbons (Fsp3) is 0.625. The van der Waals surface area contributed by atoms with Crippen molar-refractivity contribution in [2.24, 2.45) is 18.7 Å². The van der Waals surface area contributed by atoms with Crippen LogP contribution in [0.4, 0.5) is 0 Å². The van der Waals surface area contributed by atoms with Gasteiger partial charge in [0.25, 0.3) is 5.91 Å². The Morgan fingerprint density at radius 2 is 2.09 bits per heavy atom. The average Bonchev–Trinajstić information content (AvgIpc) is 2.98. The number of fused-ring (bicyclic) bond motifs is 1. The molecule has 5 nitrogen and oxygen atoms in total. The number of nitrogens with two attached hydrogens (primary N) is 1. The van der Waals surface area contributed by atoms with Crippen molar-refractivity contribution in [3.05, 3.63) is 16.6 Å². The minimum atomic E-state index is -0.0352. The molecule has 0 spiro atoms. The summed E-state index contributed by atoms with van der Waals surface area (Å²) in [7, 11) is 1.92. The van der Waals surface area contributed by atoms with Crippen LogP contribution in [0.1, 0.15) is 55.4 Å². The van der Waals surface area contributed by atoms with Gasteiger partial charge in [-0.3, -0.25) is 9.48 Å². The average molecular weight is 322 g/mol. The summed E-state index contributed by atoms with van der Waals surface area (Å²) in [6, 6.07) is 1.99. The fourth-order valence-electron chi connectivity index (χ4n) is 2.64. The molecule has 2 aromatic rings. The molecule has 0 saturated carbocycles. The maximum absolute atomic E-state index is 12.5. The molecule has 1 unspecified atom stereocenters. The van der Waals surface area contributed by atoms with Gasteiger partial charge in [-0.15, -0.1) is 11.3 Å². The van der Waals surface area contributed by atoms with Gasteiger partial charge in [0.2, 0.25) is 0 Å². The molecule has 2 rings (SSSR count). The van der Waals surface area contributed by atoms with Gasteiger partial charge >= 0.3 is 0 Å². The van der Waals surface area contributed by atoms with E-state index in [9.17, 15) is 4.79 Å². The lowest BCUT2D eigenvalue weighted by Gasteiger charge is -2.18. The van der Waals surface area contributed by atoms with Gasteiger partial charge in [-0.1, -0.05) is 27.7 Å². The van der Waals surface area contributed by atoms with Crippen LogP contribution >= 0.6 is 11.3 Å². The van der Waals surface area contributed by atoms with Gasteiger partial charge < -0.3 is 11.1 Å². The molecule has 0 aliphatic heterocycles. The Hall–Kier alpha value is -1.40. The zero-order valence-corrected chi connectivity index (χ0v) is 14.8. The van der Waals surface area contributed by atoms with Gasteiger partial charge in [0.05, 0.1) is 10.6 Å². The number of aryl methyl sites for hydroxylation is 1. The molecule has 2 heterocycles. The van der Waals surface area contributed by atoms with Crippen LogP contribution in [-0.2, 0) is 7.05 Å². The van der Waals surface area contributed by atoms with Crippen molar-refractivity contribution in [1.29, 1.82) is 0 Å². The minimum absolute atomic E-state index is 0.0282. The molecule has 22 heavy (non-hydrogen) atoms. The molecular formula is C16H26N4OS. The predicted octanol–water partition coefficient (Wildman–Crippen LogP) is 2.86. The first-order valence-corrected chi connectivity index (χ1v) is 8.62. The van der Waals surface area contributed by atoms with E-state index in [1.807, 2.05) is 17.8 Å². The lowest BCUT2D eigenvalue weighted by molar-refractivity contribution is 0.0938. The van der Waals surface area contributed by atoms with Crippen LogP contribution in [0, 0.1) is 5.92 Å². The monoisotopic (exact) mass is 322 g/mol. The number of rotatable bonds is 6. The quantitative estimate of drug-likeness (QED) is 0.859. The highest BCUT2D eigenvalue weighted by Gasteiger charge is 2.20. The van der Waals surface area contributed by atoms with Crippen molar-refractivity contribution >= 4 is 27.5 Å². The molecule has 0 aromatic carbocycles. The Labute approximate surface area is 135 Å². The van der Waals surface area contributed by atoms with Crippen LogP contribution < -0.4 is 11.1 Å². The number of aromatic nitrogens is 2. The van der Waals surface area contributed by atoms with Gasteiger partial charge in [0.15, 0.2) is 0 Å². The highest BCUT2D eigenvalue weighted by Crippen LogP contribution is 2.31. The fourth-order valence-corrected chi connectivity index (χ4v) is 3.63. The third-order valence-electron chi connectivity index (χ3n) is 3.69. The Bertz CT molecular complexity index is 656. The van der Waals surface area contributed by atoms with Crippen LogP contribution in [0.3, 0.4) is 0 Å². The first kappa shape index (κ1) is 17.0. The van der Waals surface area contributed by atoms with Crippen LogP contribution in [0.15, 0.2) is 6.07 Å². The topological polar surface area (TPSA) is 72.9 Å². The Morgan fingerprint density at radius 1 is 1.41 bits per heavy atom. The highest BCUT2D eigenvalue weighted by molar-refractivity contribution is 7.20. The molecule has 122 valence electrons. The predicted molar refractivity (Wildman–Crippen MR) is 92.4 cm³/mol. The second-order valence-electron chi connectivity index (χ2n) is 6.53. The number of nitrogens with one attached hydrogen (secondary N) is 1. The minimum Gasteiger partial charge on any atom is -0.347 e. The normalized spacial score (nSPS) is 13.3. The summed E-state index contributed by atoms with van der Waals surface area (Å²) in [5.41, 5.74) is 6.81. The smallest absolute Gasteiger partial charge is 0.261 e. The number of nitrogens with zero attached hydrogens (tertiary/aromatic N) is 2. The number of thiophene rings is 1. The zero-order valence-electron chi connectivity index (χ0n) is 14.0. The zero-order chi connectivity index (χ0) is 16.4. The van der Waals surface area contributed by atoms with Crippen molar-refractivity contribution in [2.45, 2.75) is 46.1 Å². The van der Waals surface area contributed by atoms with Gasteiger partial charge in [0.1, 0.15) is 4.83 Å². The summed E-state index contributed by atoms with van der Waals surface area (Å²) in [5.74, 6) is 0.812. The number of amides is 1. The van der Waals surface area contributed by atoms with Gasteiger partial charge in [-0.2, -0.15) is 5.10 Å². The van der Waals surface area contributed by atoms with E-state index in [1.165, 1.54) is 11.3 Å². The molecule has 1 amide bonds. The highest BCUT2D eigenvalue weighted by atomic mass is 32.1. The van der Waals surface area contributed by atoms with E-state index in [1.54, 1.807) is 0 Å². The lowest BCUT2D eigenvalue weighted by atomic mass is 10.0. The molecule has 0 bridgehead atoms. The van der Waals surface area contributed by atoms with E-state index in [2.05, 4.69) is 38.1 Å². The van der Waals surface area contributed by atoms with Crippen LogP contribution in [0.25, 0.3) is 10.2 Å². The van der Waals surface area contributed by atoms with Crippen molar-refractivity contribution in [3.63, 3.8) is 0 Å². The summed E-state index contributed by atoms with van der Waals surface area (Å²) in [5, 5.41) is 8.68. The molecule has 6 heteroatoms. The van der Waals surface area contributed by atoms with E-state index in [4.69, 9.17) is 5.73 Å². The number of carbonyl (C=O) groups is 1. The summed E-state index contributed by atoms with van der Waals surface area (Å²) < 4.78 is 1.86. The first-order valence-electron chi connectivity index (χ1n) is 7.80. The maximum atomic E-state index is 12.5. The Morgan fingerprint density at radius 3 is 2.64 bits per heavy atom. The van der Waals surface area contributed by atoms with Crippen molar-refractivity contribution < 1.29 is 4.79 Å². The van der Waals surface area contributed by atoms with Crippen molar-refractivity contribution in [2.75, 3.05) is 6.54 Å². The number of hydrogen-bond acceptors (Lipinski definition) is 4. The molecular weight excluding hydrogens is 296 g/mol. The van der Waals surface area contributed by atoms with E-state index >= 15 is 0 Å². The summed E-state index contributed by atoms with van der Waals surface area (Å²) in [4.78, 5) is 14.2. The largest absolute Gasteiger partial charge is 0.347 e. The van der Waals surface area contributed by atoms with E-state index < -0.39 is 0 Å². The SMILES string of the molecule is CC(C)CC(CN)NC(=O)c1cc2c(C(C)C)nn(C)c2s1. The van der Waals surface area contributed by atoms with Crippen molar-refractivity contribution in [1.82, 2.24) is 15.1 Å².